The Morgan fingerprint density at radius 2 is 2.19 bits per heavy atom. The average Bonchev–Trinajstić information content (AvgIpc) is 3.32. The van der Waals surface area contributed by atoms with Gasteiger partial charge in [-0.05, 0) is 58.6 Å². The van der Waals surface area contributed by atoms with Crippen LogP contribution < -0.4 is 5.73 Å². The van der Waals surface area contributed by atoms with E-state index in [1.807, 2.05) is 23.1 Å². The highest BCUT2D eigenvalue weighted by atomic mass is 79.9. The Bertz CT molecular complexity index is 656. The van der Waals surface area contributed by atoms with E-state index in [0.29, 0.717) is 23.8 Å². The molecule has 0 atom stereocenters. The van der Waals surface area contributed by atoms with Gasteiger partial charge in [-0.2, -0.15) is 0 Å². The highest BCUT2D eigenvalue weighted by Crippen LogP contribution is 2.31. The Morgan fingerprint density at radius 3 is 2.86 bits per heavy atom. The molecule has 1 fully saturated rings. The largest absolute Gasteiger partial charge is 0.399 e. The fourth-order valence-electron chi connectivity index (χ4n) is 2.30. The van der Waals surface area contributed by atoms with Crippen molar-refractivity contribution in [2.24, 2.45) is 0 Å². The Morgan fingerprint density at radius 1 is 1.38 bits per heavy atom. The SMILES string of the molecule is Nc1ccc(Br)c(C(=O)N(Cc2cccnc2)C2CC2)c1. The zero-order valence-corrected chi connectivity index (χ0v) is 13.1. The molecule has 0 spiro atoms. The Kier molecular flexibility index (Phi) is 3.92. The van der Waals surface area contributed by atoms with Crippen LogP contribution in [0.15, 0.2) is 47.2 Å². The molecule has 1 aliphatic carbocycles. The number of aromatic nitrogens is 1. The molecule has 2 aromatic rings. The van der Waals surface area contributed by atoms with E-state index in [1.54, 1.807) is 24.5 Å². The summed E-state index contributed by atoms with van der Waals surface area (Å²) in [6.45, 7) is 0.582. The molecule has 1 aromatic heterocycles. The summed E-state index contributed by atoms with van der Waals surface area (Å²) in [5.74, 6) is 0.0144. The summed E-state index contributed by atoms with van der Waals surface area (Å²) in [5.41, 5.74) is 8.06. The Hall–Kier alpha value is -1.88. The van der Waals surface area contributed by atoms with Crippen molar-refractivity contribution in [3.8, 4) is 0 Å². The van der Waals surface area contributed by atoms with Gasteiger partial charge in [-0.25, -0.2) is 0 Å². The molecule has 2 N–H and O–H groups in total. The smallest absolute Gasteiger partial charge is 0.255 e. The highest BCUT2D eigenvalue weighted by molar-refractivity contribution is 9.10. The normalized spacial score (nSPS) is 14.0. The predicted octanol–water partition coefficient (Wildman–Crippen LogP) is 3.23. The van der Waals surface area contributed by atoms with Gasteiger partial charge in [0.25, 0.3) is 5.91 Å². The van der Waals surface area contributed by atoms with E-state index >= 15 is 0 Å². The number of carbonyl (C=O) groups excluding carboxylic acids is 1. The van der Waals surface area contributed by atoms with Crippen LogP contribution in [0.1, 0.15) is 28.8 Å². The van der Waals surface area contributed by atoms with Crippen LogP contribution in [0.25, 0.3) is 0 Å². The third-order valence-corrected chi connectivity index (χ3v) is 4.24. The molecular weight excluding hydrogens is 330 g/mol. The van der Waals surface area contributed by atoms with Crippen molar-refractivity contribution in [1.82, 2.24) is 9.88 Å². The second-order valence-corrected chi connectivity index (χ2v) is 6.12. The van der Waals surface area contributed by atoms with Gasteiger partial charge in [0.05, 0.1) is 5.56 Å². The van der Waals surface area contributed by atoms with Crippen molar-refractivity contribution in [1.29, 1.82) is 0 Å². The molecule has 0 saturated heterocycles. The van der Waals surface area contributed by atoms with Crippen molar-refractivity contribution in [3.63, 3.8) is 0 Å². The van der Waals surface area contributed by atoms with E-state index in [1.165, 1.54) is 0 Å². The van der Waals surface area contributed by atoms with Gasteiger partial charge in [0.1, 0.15) is 0 Å². The first-order valence-corrected chi connectivity index (χ1v) is 7.69. The molecule has 1 aliphatic rings. The molecule has 0 unspecified atom stereocenters. The number of hydrogen-bond acceptors (Lipinski definition) is 3. The predicted molar refractivity (Wildman–Crippen MR) is 85.7 cm³/mol. The third-order valence-electron chi connectivity index (χ3n) is 3.55. The van der Waals surface area contributed by atoms with Gasteiger partial charge in [-0.1, -0.05) is 6.07 Å². The lowest BCUT2D eigenvalue weighted by Crippen LogP contribution is -2.33. The van der Waals surface area contributed by atoms with Crippen LogP contribution in [0.5, 0.6) is 0 Å². The zero-order valence-electron chi connectivity index (χ0n) is 11.5. The van der Waals surface area contributed by atoms with Crippen molar-refractivity contribution in [2.45, 2.75) is 25.4 Å². The minimum absolute atomic E-state index is 0.0144. The number of rotatable bonds is 4. The van der Waals surface area contributed by atoms with Gasteiger partial charge >= 0.3 is 0 Å². The van der Waals surface area contributed by atoms with Gasteiger partial charge in [0, 0.05) is 35.1 Å². The summed E-state index contributed by atoms with van der Waals surface area (Å²) >= 11 is 3.44. The number of carbonyl (C=O) groups is 1. The number of nitrogens with zero attached hydrogens (tertiary/aromatic N) is 2. The Balaban J connectivity index is 1.87. The molecular formula is C16H16BrN3O. The summed E-state index contributed by atoms with van der Waals surface area (Å²) in [6, 6.07) is 9.53. The maximum absolute atomic E-state index is 12.8. The lowest BCUT2D eigenvalue weighted by atomic mass is 10.1. The lowest BCUT2D eigenvalue weighted by Gasteiger charge is -2.23. The maximum Gasteiger partial charge on any atom is 0.255 e. The summed E-state index contributed by atoms with van der Waals surface area (Å²) in [6.07, 6.45) is 5.66. The number of nitrogen functional groups attached to an aromatic ring is 1. The topological polar surface area (TPSA) is 59.2 Å². The van der Waals surface area contributed by atoms with Gasteiger partial charge in [-0.15, -0.1) is 0 Å². The second-order valence-electron chi connectivity index (χ2n) is 5.26. The quantitative estimate of drug-likeness (QED) is 0.865. The first-order valence-electron chi connectivity index (χ1n) is 6.90. The number of benzene rings is 1. The van der Waals surface area contributed by atoms with Gasteiger partial charge in [0.15, 0.2) is 0 Å². The first kappa shape index (κ1) is 14.1. The van der Waals surface area contributed by atoms with E-state index < -0.39 is 0 Å². The van der Waals surface area contributed by atoms with E-state index in [9.17, 15) is 4.79 Å². The van der Waals surface area contributed by atoms with Crippen molar-refractivity contribution >= 4 is 27.5 Å². The first-order chi connectivity index (χ1) is 10.1. The summed E-state index contributed by atoms with van der Waals surface area (Å²) in [4.78, 5) is 18.9. The van der Waals surface area contributed by atoms with Gasteiger partial charge < -0.3 is 10.6 Å². The minimum atomic E-state index is 0.0144. The van der Waals surface area contributed by atoms with Crippen molar-refractivity contribution in [2.75, 3.05) is 5.73 Å². The molecule has 1 saturated carbocycles. The molecule has 4 nitrogen and oxygen atoms in total. The van der Waals surface area contributed by atoms with E-state index in [2.05, 4.69) is 20.9 Å². The number of nitrogens with two attached hydrogens (primary N) is 1. The molecule has 0 aliphatic heterocycles. The molecule has 1 aromatic carbocycles. The summed E-state index contributed by atoms with van der Waals surface area (Å²) < 4.78 is 0.776. The minimum Gasteiger partial charge on any atom is -0.399 e. The van der Waals surface area contributed by atoms with Crippen LogP contribution >= 0.6 is 15.9 Å². The third kappa shape index (κ3) is 3.24. The van der Waals surface area contributed by atoms with Crippen molar-refractivity contribution < 1.29 is 4.79 Å². The number of amides is 1. The van der Waals surface area contributed by atoms with Crippen LogP contribution in [0.4, 0.5) is 5.69 Å². The molecule has 3 rings (SSSR count). The fourth-order valence-corrected chi connectivity index (χ4v) is 2.72. The molecule has 108 valence electrons. The number of anilines is 1. The van der Waals surface area contributed by atoms with Crippen LogP contribution in [0.2, 0.25) is 0 Å². The molecule has 0 bridgehead atoms. The van der Waals surface area contributed by atoms with E-state index in [-0.39, 0.29) is 5.91 Å². The summed E-state index contributed by atoms with van der Waals surface area (Å²) in [5, 5.41) is 0. The Labute approximate surface area is 132 Å². The number of pyridine rings is 1. The summed E-state index contributed by atoms with van der Waals surface area (Å²) in [7, 11) is 0. The zero-order chi connectivity index (χ0) is 14.8. The van der Waals surface area contributed by atoms with E-state index in [4.69, 9.17) is 5.73 Å². The molecule has 21 heavy (non-hydrogen) atoms. The fraction of sp³-hybridized carbons (Fsp3) is 0.250. The highest BCUT2D eigenvalue weighted by Gasteiger charge is 2.33. The number of hydrogen-bond donors (Lipinski definition) is 1. The molecule has 1 heterocycles. The molecule has 5 heteroatoms. The maximum atomic E-state index is 12.8. The van der Waals surface area contributed by atoms with Crippen molar-refractivity contribution in [3.05, 3.63) is 58.3 Å². The lowest BCUT2D eigenvalue weighted by molar-refractivity contribution is 0.0729. The van der Waals surface area contributed by atoms with Gasteiger partial charge in [-0.3, -0.25) is 9.78 Å². The van der Waals surface area contributed by atoms with Crippen LogP contribution in [-0.4, -0.2) is 21.8 Å². The van der Waals surface area contributed by atoms with Crippen LogP contribution in [0, 0.1) is 0 Å². The number of halogens is 1. The molecule has 0 radical (unpaired) electrons. The second kappa shape index (κ2) is 5.85. The van der Waals surface area contributed by atoms with E-state index in [0.717, 1.165) is 22.9 Å². The monoisotopic (exact) mass is 345 g/mol. The van der Waals surface area contributed by atoms with Gasteiger partial charge in [0.2, 0.25) is 0 Å². The molecule has 1 amide bonds. The average molecular weight is 346 g/mol. The standard InChI is InChI=1S/C16H16BrN3O/c17-15-6-3-12(18)8-14(15)16(21)20(13-4-5-13)10-11-2-1-7-19-9-11/h1-3,6-9,13H,4-5,10,18H2. The van der Waals surface area contributed by atoms with Crippen LogP contribution in [0.3, 0.4) is 0 Å². The van der Waals surface area contributed by atoms with Crippen LogP contribution in [-0.2, 0) is 6.54 Å².